The summed E-state index contributed by atoms with van der Waals surface area (Å²) in [5.74, 6) is 0.830. The van der Waals surface area contributed by atoms with Crippen molar-refractivity contribution in [1.29, 1.82) is 0 Å². The largest absolute Gasteiger partial charge is 0.392 e. The zero-order valence-corrected chi connectivity index (χ0v) is 13.2. The van der Waals surface area contributed by atoms with Crippen LogP contribution in [0, 0.1) is 0 Å². The van der Waals surface area contributed by atoms with E-state index in [0.29, 0.717) is 13.1 Å². The van der Waals surface area contributed by atoms with Crippen molar-refractivity contribution in [2.45, 2.75) is 19.7 Å². The van der Waals surface area contributed by atoms with Crippen molar-refractivity contribution in [2.24, 2.45) is 4.99 Å². The third-order valence-electron chi connectivity index (χ3n) is 3.40. The predicted molar refractivity (Wildman–Crippen MR) is 90.5 cm³/mol. The monoisotopic (exact) mass is 297 g/mol. The van der Waals surface area contributed by atoms with Gasteiger partial charge in [0.05, 0.1) is 13.2 Å². The van der Waals surface area contributed by atoms with Gasteiger partial charge in [-0.25, -0.2) is 4.99 Å². The summed E-state index contributed by atoms with van der Waals surface area (Å²) < 4.78 is 0. The number of hydrogen-bond acceptors (Lipinski definition) is 2. The van der Waals surface area contributed by atoms with Gasteiger partial charge in [-0.15, -0.1) is 0 Å². The van der Waals surface area contributed by atoms with E-state index in [1.165, 1.54) is 5.56 Å². The molecule has 0 amide bonds. The summed E-state index contributed by atoms with van der Waals surface area (Å²) in [7, 11) is 3.93. The second kappa shape index (κ2) is 8.20. The Labute approximate surface area is 132 Å². The van der Waals surface area contributed by atoms with E-state index < -0.39 is 0 Å². The van der Waals surface area contributed by atoms with Crippen LogP contribution in [0.4, 0.5) is 0 Å². The van der Waals surface area contributed by atoms with Gasteiger partial charge in [0.2, 0.25) is 0 Å². The molecule has 0 unspecified atom stereocenters. The Bertz CT molecular complexity index is 609. The van der Waals surface area contributed by atoms with Gasteiger partial charge in [-0.1, -0.05) is 54.6 Å². The number of aliphatic hydroxyl groups is 1. The van der Waals surface area contributed by atoms with E-state index in [4.69, 9.17) is 0 Å². The molecule has 2 rings (SSSR count). The van der Waals surface area contributed by atoms with Gasteiger partial charge in [0.15, 0.2) is 5.96 Å². The van der Waals surface area contributed by atoms with E-state index in [-0.39, 0.29) is 6.61 Å². The Morgan fingerprint density at radius 3 is 2.27 bits per heavy atom. The fourth-order valence-electron chi connectivity index (χ4n) is 2.16. The lowest BCUT2D eigenvalue weighted by Gasteiger charge is -2.18. The van der Waals surface area contributed by atoms with Crippen molar-refractivity contribution in [3.63, 3.8) is 0 Å². The predicted octanol–water partition coefficient (Wildman–Crippen LogP) is 2.39. The van der Waals surface area contributed by atoms with Crippen LogP contribution >= 0.6 is 0 Å². The number of guanidine groups is 1. The molecule has 2 aromatic rings. The van der Waals surface area contributed by atoms with Crippen LogP contribution < -0.4 is 5.32 Å². The second-order valence-electron chi connectivity index (χ2n) is 5.30. The van der Waals surface area contributed by atoms with Crippen LogP contribution in [0.15, 0.2) is 59.6 Å². The number of nitrogens with zero attached hydrogens (tertiary/aromatic N) is 2. The number of benzene rings is 2. The minimum absolute atomic E-state index is 0.0519. The maximum atomic E-state index is 9.38. The molecular weight excluding hydrogens is 274 g/mol. The lowest BCUT2D eigenvalue weighted by Crippen LogP contribution is -2.36. The molecule has 116 valence electrons. The first-order chi connectivity index (χ1) is 10.7. The molecule has 0 bridgehead atoms. The molecule has 0 aliphatic heterocycles. The third-order valence-corrected chi connectivity index (χ3v) is 3.40. The smallest absolute Gasteiger partial charge is 0.194 e. The van der Waals surface area contributed by atoms with Gasteiger partial charge >= 0.3 is 0 Å². The average molecular weight is 297 g/mol. The molecule has 4 heteroatoms. The summed E-state index contributed by atoms with van der Waals surface area (Å²) in [4.78, 5) is 6.60. The van der Waals surface area contributed by atoms with Gasteiger partial charge < -0.3 is 15.3 Å². The SMILES string of the molecule is CN(C)C(=NCc1ccccc1)NCc1ccccc1CO. The number of aliphatic imine (C=N–C) groups is 1. The van der Waals surface area contributed by atoms with E-state index in [1.54, 1.807) is 0 Å². The average Bonchev–Trinajstić information content (AvgIpc) is 2.55. The summed E-state index contributed by atoms with van der Waals surface area (Å²) in [6.45, 7) is 1.34. The first-order valence-electron chi connectivity index (χ1n) is 7.38. The highest BCUT2D eigenvalue weighted by atomic mass is 16.3. The molecule has 0 fully saturated rings. The zero-order chi connectivity index (χ0) is 15.8. The molecule has 0 saturated carbocycles. The van der Waals surface area contributed by atoms with Crippen LogP contribution in [-0.2, 0) is 19.7 Å². The molecule has 0 saturated heterocycles. The van der Waals surface area contributed by atoms with Gasteiger partial charge in [-0.2, -0.15) is 0 Å². The fourth-order valence-corrected chi connectivity index (χ4v) is 2.16. The molecular formula is C18H23N3O. The second-order valence-corrected chi connectivity index (χ2v) is 5.30. The Morgan fingerprint density at radius 2 is 1.64 bits per heavy atom. The molecule has 0 radical (unpaired) electrons. The van der Waals surface area contributed by atoms with Gasteiger partial charge in [0, 0.05) is 20.6 Å². The van der Waals surface area contributed by atoms with Crippen LogP contribution in [-0.4, -0.2) is 30.1 Å². The Hall–Kier alpha value is -2.33. The normalized spacial score (nSPS) is 11.3. The van der Waals surface area contributed by atoms with Crippen LogP contribution in [0.5, 0.6) is 0 Å². The number of hydrogen-bond donors (Lipinski definition) is 2. The molecule has 2 aromatic carbocycles. The van der Waals surface area contributed by atoms with Crippen LogP contribution in [0.2, 0.25) is 0 Å². The highest BCUT2D eigenvalue weighted by molar-refractivity contribution is 5.79. The molecule has 0 heterocycles. The van der Waals surface area contributed by atoms with Gasteiger partial charge in [-0.3, -0.25) is 0 Å². The Kier molecular flexibility index (Phi) is 5.98. The van der Waals surface area contributed by atoms with Gasteiger partial charge in [0.1, 0.15) is 0 Å². The minimum atomic E-state index is 0.0519. The van der Waals surface area contributed by atoms with Crippen molar-refractivity contribution in [2.75, 3.05) is 14.1 Å². The maximum absolute atomic E-state index is 9.38. The van der Waals surface area contributed by atoms with Crippen LogP contribution in [0.3, 0.4) is 0 Å². The first-order valence-corrected chi connectivity index (χ1v) is 7.38. The van der Waals surface area contributed by atoms with Crippen LogP contribution in [0.1, 0.15) is 16.7 Å². The third kappa shape index (κ3) is 4.60. The molecule has 2 N–H and O–H groups in total. The summed E-state index contributed by atoms with van der Waals surface area (Å²) in [6.07, 6.45) is 0. The molecule has 22 heavy (non-hydrogen) atoms. The van der Waals surface area contributed by atoms with Crippen molar-refractivity contribution in [1.82, 2.24) is 10.2 Å². The summed E-state index contributed by atoms with van der Waals surface area (Å²) in [5.41, 5.74) is 3.20. The molecule has 0 aliphatic carbocycles. The van der Waals surface area contributed by atoms with Crippen molar-refractivity contribution in [3.8, 4) is 0 Å². The van der Waals surface area contributed by atoms with E-state index in [1.807, 2.05) is 61.5 Å². The van der Waals surface area contributed by atoms with E-state index in [0.717, 1.165) is 17.1 Å². The summed E-state index contributed by atoms with van der Waals surface area (Å²) in [6, 6.07) is 18.0. The first kappa shape index (κ1) is 16.0. The minimum Gasteiger partial charge on any atom is -0.392 e. The Morgan fingerprint density at radius 1 is 1.00 bits per heavy atom. The molecule has 0 aromatic heterocycles. The van der Waals surface area contributed by atoms with Crippen molar-refractivity contribution in [3.05, 3.63) is 71.3 Å². The fraction of sp³-hybridized carbons (Fsp3) is 0.278. The van der Waals surface area contributed by atoms with E-state index in [2.05, 4.69) is 22.4 Å². The number of nitrogens with one attached hydrogen (secondary N) is 1. The summed E-state index contributed by atoms with van der Waals surface area (Å²) in [5, 5.41) is 12.7. The highest BCUT2D eigenvalue weighted by Gasteiger charge is 2.04. The molecule has 0 atom stereocenters. The van der Waals surface area contributed by atoms with E-state index in [9.17, 15) is 5.11 Å². The van der Waals surface area contributed by atoms with Crippen molar-refractivity contribution < 1.29 is 5.11 Å². The molecule has 0 spiro atoms. The quantitative estimate of drug-likeness (QED) is 0.658. The van der Waals surface area contributed by atoms with E-state index >= 15 is 0 Å². The maximum Gasteiger partial charge on any atom is 0.194 e. The van der Waals surface area contributed by atoms with Crippen LogP contribution in [0.25, 0.3) is 0 Å². The number of rotatable bonds is 5. The lowest BCUT2D eigenvalue weighted by molar-refractivity contribution is 0.280. The molecule has 0 aliphatic rings. The van der Waals surface area contributed by atoms with Gasteiger partial charge in [0.25, 0.3) is 0 Å². The summed E-state index contributed by atoms with van der Waals surface area (Å²) >= 11 is 0. The topological polar surface area (TPSA) is 47.9 Å². The highest BCUT2D eigenvalue weighted by Crippen LogP contribution is 2.08. The number of aliphatic hydroxyl groups excluding tert-OH is 1. The zero-order valence-electron chi connectivity index (χ0n) is 13.2. The molecule has 4 nitrogen and oxygen atoms in total. The Balaban J connectivity index is 2.03. The lowest BCUT2D eigenvalue weighted by atomic mass is 10.1. The standard InChI is InChI=1S/C18H23N3O/c1-21(2)18(19-12-15-8-4-3-5-9-15)20-13-16-10-6-7-11-17(16)14-22/h3-11,22H,12-14H2,1-2H3,(H,19,20). The van der Waals surface area contributed by atoms with Gasteiger partial charge in [-0.05, 0) is 16.7 Å². The van der Waals surface area contributed by atoms with Crippen molar-refractivity contribution >= 4 is 5.96 Å².